The minimum Gasteiger partial charge on any atom is -0.369 e. The number of hydrogen-bond donors (Lipinski definition) is 1. The first kappa shape index (κ1) is 14.4. The second-order valence-corrected chi connectivity index (χ2v) is 6.87. The Hall–Kier alpha value is -1.00. The fraction of sp³-hybridized carbons (Fsp3) is 0.667. The zero-order valence-corrected chi connectivity index (χ0v) is 12.3. The van der Waals surface area contributed by atoms with E-state index in [0.29, 0.717) is 5.69 Å². The SMILES string of the molecule is CC1(C)CC(C(C)(N)c2ccc(F)cn2)C(C)(C)O1. The van der Waals surface area contributed by atoms with Gasteiger partial charge in [-0.2, -0.15) is 0 Å². The molecule has 1 aromatic rings. The third-order valence-electron chi connectivity index (χ3n) is 4.08. The molecule has 19 heavy (non-hydrogen) atoms. The number of nitrogens with two attached hydrogens (primary N) is 1. The maximum absolute atomic E-state index is 13.0. The standard InChI is InChI=1S/C15H23FN2O/c1-13(2)8-11(14(3,4)19-13)15(5,17)12-7-6-10(16)9-18-12/h6-7,9,11H,8,17H2,1-5H3. The Morgan fingerprint density at radius 1 is 1.37 bits per heavy atom. The van der Waals surface area contributed by atoms with Crippen molar-refractivity contribution in [1.82, 2.24) is 4.98 Å². The zero-order valence-electron chi connectivity index (χ0n) is 12.3. The van der Waals surface area contributed by atoms with Gasteiger partial charge in [0.1, 0.15) is 5.82 Å². The summed E-state index contributed by atoms with van der Waals surface area (Å²) in [6.07, 6.45) is 2.07. The Bertz CT molecular complexity index is 466. The van der Waals surface area contributed by atoms with Gasteiger partial charge < -0.3 is 10.5 Å². The van der Waals surface area contributed by atoms with Crippen molar-refractivity contribution in [1.29, 1.82) is 0 Å². The second-order valence-electron chi connectivity index (χ2n) is 6.87. The first-order valence-corrected chi connectivity index (χ1v) is 6.66. The van der Waals surface area contributed by atoms with Crippen LogP contribution < -0.4 is 5.73 Å². The highest BCUT2D eigenvalue weighted by atomic mass is 19.1. The van der Waals surface area contributed by atoms with Gasteiger partial charge in [-0.1, -0.05) is 0 Å². The van der Waals surface area contributed by atoms with Crippen LogP contribution in [0.3, 0.4) is 0 Å². The first-order chi connectivity index (χ1) is 8.55. The Labute approximate surface area is 114 Å². The number of aromatic nitrogens is 1. The van der Waals surface area contributed by atoms with Crippen LogP contribution in [0.5, 0.6) is 0 Å². The van der Waals surface area contributed by atoms with Crippen LogP contribution in [-0.4, -0.2) is 16.2 Å². The van der Waals surface area contributed by atoms with E-state index in [9.17, 15) is 4.39 Å². The summed E-state index contributed by atoms with van der Waals surface area (Å²) in [7, 11) is 0. The molecular formula is C15H23FN2O. The monoisotopic (exact) mass is 266 g/mol. The molecule has 2 atom stereocenters. The van der Waals surface area contributed by atoms with Gasteiger partial charge in [0, 0.05) is 5.92 Å². The van der Waals surface area contributed by atoms with Crippen molar-refractivity contribution in [3.63, 3.8) is 0 Å². The molecule has 0 aromatic carbocycles. The van der Waals surface area contributed by atoms with Crippen molar-refractivity contribution in [2.45, 2.75) is 57.8 Å². The summed E-state index contributed by atoms with van der Waals surface area (Å²) in [4.78, 5) is 4.15. The van der Waals surface area contributed by atoms with Gasteiger partial charge in [-0.15, -0.1) is 0 Å². The highest BCUT2D eigenvalue weighted by Gasteiger charge is 2.53. The van der Waals surface area contributed by atoms with Crippen LogP contribution in [0.15, 0.2) is 18.3 Å². The highest BCUT2D eigenvalue weighted by Crippen LogP contribution is 2.48. The molecule has 1 aromatic heterocycles. The minimum atomic E-state index is -0.648. The molecule has 2 N–H and O–H groups in total. The van der Waals surface area contributed by atoms with Crippen molar-refractivity contribution in [3.8, 4) is 0 Å². The number of halogens is 1. The van der Waals surface area contributed by atoms with Gasteiger partial charge in [-0.25, -0.2) is 4.39 Å². The minimum absolute atomic E-state index is 0.118. The van der Waals surface area contributed by atoms with Gasteiger partial charge >= 0.3 is 0 Å². The lowest BCUT2D eigenvalue weighted by atomic mass is 9.72. The molecule has 4 heteroatoms. The molecule has 2 heterocycles. The molecule has 1 fully saturated rings. The highest BCUT2D eigenvalue weighted by molar-refractivity contribution is 5.19. The first-order valence-electron chi connectivity index (χ1n) is 6.66. The molecule has 2 rings (SSSR count). The van der Waals surface area contributed by atoms with Gasteiger partial charge in [0.15, 0.2) is 0 Å². The predicted octanol–water partition coefficient (Wildman–Crippen LogP) is 2.99. The van der Waals surface area contributed by atoms with Gasteiger partial charge in [0.05, 0.1) is 28.6 Å². The van der Waals surface area contributed by atoms with Crippen molar-refractivity contribution in [3.05, 3.63) is 29.8 Å². The summed E-state index contributed by atoms with van der Waals surface area (Å²) < 4.78 is 19.1. The molecule has 1 saturated heterocycles. The molecule has 0 radical (unpaired) electrons. The zero-order chi connectivity index (χ0) is 14.5. The molecule has 0 spiro atoms. The number of rotatable bonds is 2. The van der Waals surface area contributed by atoms with Crippen molar-refractivity contribution in [2.75, 3.05) is 0 Å². The number of ether oxygens (including phenoxy) is 1. The fourth-order valence-corrected chi connectivity index (χ4v) is 3.37. The van der Waals surface area contributed by atoms with E-state index in [0.717, 1.165) is 6.42 Å². The van der Waals surface area contributed by atoms with Crippen LogP contribution in [0.25, 0.3) is 0 Å². The normalized spacial score (nSPS) is 28.1. The van der Waals surface area contributed by atoms with Crippen LogP contribution in [0.4, 0.5) is 4.39 Å². The van der Waals surface area contributed by atoms with Crippen LogP contribution in [0.2, 0.25) is 0 Å². The number of pyridine rings is 1. The lowest BCUT2D eigenvalue weighted by molar-refractivity contribution is -0.0816. The van der Waals surface area contributed by atoms with Gasteiger partial charge in [-0.3, -0.25) is 4.98 Å². The van der Waals surface area contributed by atoms with Gasteiger partial charge in [0.2, 0.25) is 0 Å². The summed E-state index contributed by atoms with van der Waals surface area (Å²) in [5, 5.41) is 0. The van der Waals surface area contributed by atoms with Gasteiger partial charge in [0.25, 0.3) is 0 Å². The topological polar surface area (TPSA) is 48.1 Å². The molecule has 1 aliphatic heterocycles. The molecule has 1 aliphatic rings. The van der Waals surface area contributed by atoms with E-state index in [2.05, 4.69) is 32.7 Å². The Kier molecular flexibility index (Phi) is 3.22. The van der Waals surface area contributed by atoms with Crippen LogP contribution >= 0.6 is 0 Å². The van der Waals surface area contributed by atoms with E-state index in [1.54, 1.807) is 6.07 Å². The van der Waals surface area contributed by atoms with Crippen molar-refractivity contribution < 1.29 is 9.13 Å². The molecule has 0 amide bonds. The van der Waals surface area contributed by atoms with E-state index >= 15 is 0 Å². The van der Waals surface area contributed by atoms with Crippen LogP contribution in [0, 0.1) is 11.7 Å². The maximum Gasteiger partial charge on any atom is 0.141 e. The summed E-state index contributed by atoms with van der Waals surface area (Å²) in [5.74, 6) is -0.227. The summed E-state index contributed by atoms with van der Waals surface area (Å²) >= 11 is 0. The molecule has 0 aliphatic carbocycles. The average molecular weight is 266 g/mol. The van der Waals surface area contributed by atoms with E-state index < -0.39 is 5.54 Å². The predicted molar refractivity (Wildman–Crippen MR) is 73.1 cm³/mol. The maximum atomic E-state index is 13.0. The second kappa shape index (κ2) is 4.25. The van der Waals surface area contributed by atoms with E-state index in [1.165, 1.54) is 12.3 Å². The van der Waals surface area contributed by atoms with E-state index in [1.807, 2.05) is 6.92 Å². The van der Waals surface area contributed by atoms with Crippen LogP contribution in [0.1, 0.15) is 46.7 Å². The molecule has 0 bridgehead atoms. The molecule has 106 valence electrons. The Morgan fingerprint density at radius 2 is 2.00 bits per heavy atom. The lowest BCUT2D eigenvalue weighted by Crippen LogP contribution is -2.49. The Morgan fingerprint density at radius 3 is 2.42 bits per heavy atom. The molecule has 0 saturated carbocycles. The lowest BCUT2D eigenvalue weighted by Gasteiger charge is -2.38. The van der Waals surface area contributed by atoms with Crippen molar-refractivity contribution in [2.24, 2.45) is 11.7 Å². The number of nitrogens with zero attached hydrogens (tertiary/aromatic N) is 1. The Balaban J connectivity index is 2.36. The molecular weight excluding hydrogens is 243 g/mol. The quantitative estimate of drug-likeness (QED) is 0.895. The third kappa shape index (κ3) is 2.65. The van der Waals surface area contributed by atoms with Gasteiger partial charge in [-0.05, 0) is 53.2 Å². The van der Waals surface area contributed by atoms with Crippen LogP contribution in [-0.2, 0) is 10.3 Å². The summed E-state index contributed by atoms with van der Waals surface area (Å²) in [6, 6.07) is 3.07. The summed E-state index contributed by atoms with van der Waals surface area (Å²) in [5.41, 5.74) is 6.05. The van der Waals surface area contributed by atoms with Crippen molar-refractivity contribution >= 4 is 0 Å². The smallest absolute Gasteiger partial charge is 0.141 e. The average Bonchev–Trinajstić information content (AvgIpc) is 2.48. The largest absolute Gasteiger partial charge is 0.369 e. The van der Waals surface area contributed by atoms with E-state index in [-0.39, 0.29) is 22.9 Å². The third-order valence-corrected chi connectivity index (χ3v) is 4.08. The van der Waals surface area contributed by atoms with E-state index in [4.69, 9.17) is 10.5 Å². The molecule has 3 nitrogen and oxygen atoms in total. The number of hydrogen-bond acceptors (Lipinski definition) is 3. The fourth-order valence-electron chi connectivity index (χ4n) is 3.37. The summed E-state index contributed by atoms with van der Waals surface area (Å²) in [6.45, 7) is 10.2. The molecule has 2 unspecified atom stereocenters.